The van der Waals surface area contributed by atoms with Crippen molar-refractivity contribution in [2.75, 3.05) is 55.7 Å². The Morgan fingerprint density at radius 3 is 2.38 bits per heavy atom. The SMILES string of the molecule is CCCC(Nc1ccc(N/C(=C2\C(=O)Nc3cc(Cl)ccc32)c2ccccc2)cc1)C(=O)CN1CCN(C)CC1. The molecular weight excluding hydrogens is 522 g/mol. The highest BCUT2D eigenvalue weighted by Gasteiger charge is 2.29. The Morgan fingerprint density at radius 2 is 1.68 bits per heavy atom. The van der Waals surface area contributed by atoms with E-state index in [1.165, 1.54) is 0 Å². The largest absolute Gasteiger partial charge is 0.375 e. The summed E-state index contributed by atoms with van der Waals surface area (Å²) in [7, 11) is 2.12. The number of rotatable bonds is 10. The van der Waals surface area contributed by atoms with E-state index in [-0.39, 0.29) is 17.7 Å². The Hall–Kier alpha value is -3.65. The molecule has 1 atom stereocenters. The van der Waals surface area contributed by atoms with E-state index in [4.69, 9.17) is 11.6 Å². The van der Waals surface area contributed by atoms with Gasteiger partial charge >= 0.3 is 0 Å². The number of Topliss-reactive ketones (excluding diaryl/α,β-unsaturated/α-hetero) is 1. The minimum Gasteiger partial charge on any atom is -0.375 e. The summed E-state index contributed by atoms with van der Waals surface area (Å²) >= 11 is 6.18. The van der Waals surface area contributed by atoms with Crippen LogP contribution in [0.3, 0.4) is 0 Å². The fraction of sp³-hybridized carbons (Fsp3) is 0.312. The van der Waals surface area contributed by atoms with Crippen molar-refractivity contribution in [3.63, 3.8) is 0 Å². The third-order valence-electron chi connectivity index (χ3n) is 7.48. The molecule has 3 N–H and O–H groups in total. The lowest BCUT2D eigenvalue weighted by Crippen LogP contribution is -2.48. The number of carbonyl (C=O) groups excluding carboxylic acids is 2. The number of ketones is 1. The van der Waals surface area contributed by atoms with Crippen LogP contribution in [0.15, 0.2) is 72.8 Å². The Labute approximate surface area is 241 Å². The van der Waals surface area contributed by atoms with Crippen LogP contribution in [0.2, 0.25) is 5.02 Å². The first-order valence-electron chi connectivity index (χ1n) is 13.9. The zero-order valence-electron chi connectivity index (χ0n) is 23.0. The fourth-order valence-electron chi connectivity index (χ4n) is 5.21. The van der Waals surface area contributed by atoms with E-state index in [1.54, 1.807) is 12.1 Å². The summed E-state index contributed by atoms with van der Waals surface area (Å²) in [5.74, 6) is 0.0545. The summed E-state index contributed by atoms with van der Waals surface area (Å²) in [4.78, 5) is 30.8. The van der Waals surface area contributed by atoms with Crippen LogP contribution in [-0.4, -0.2) is 67.3 Å². The Kier molecular flexibility index (Phi) is 8.85. The highest BCUT2D eigenvalue weighted by atomic mass is 35.5. The first kappa shape index (κ1) is 27.9. The van der Waals surface area contributed by atoms with Crippen LogP contribution in [0.1, 0.15) is 30.9 Å². The van der Waals surface area contributed by atoms with E-state index in [0.29, 0.717) is 28.5 Å². The number of piperazine rings is 1. The summed E-state index contributed by atoms with van der Waals surface area (Å²) < 4.78 is 0. The van der Waals surface area contributed by atoms with E-state index < -0.39 is 0 Å². The summed E-state index contributed by atoms with van der Waals surface area (Å²) in [5.41, 5.74) is 5.41. The number of carbonyl (C=O) groups is 2. The first-order valence-corrected chi connectivity index (χ1v) is 14.3. The molecule has 2 heterocycles. The van der Waals surface area contributed by atoms with Crippen LogP contribution in [0.25, 0.3) is 11.3 Å². The normalized spacial score (nSPS) is 17.6. The Bertz CT molecular complexity index is 1380. The highest BCUT2D eigenvalue weighted by Crippen LogP contribution is 2.38. The van der Waals surface area contributed by atoms with Gasteiger partial charge in [0.2, 0.25) is 0 Å². The molecule has 40 heavy (non-hydrogen) atoms. The maximum Gasteiger partial charge on any atom is 0.258 e. The van der Waals surface area contributed by atoms with Crippen LogP contribution in [0.4, 0.5) is 17.1 Å². The van der Waals surface area contributed by atoms with Gasteiger partial charge in [-0.2, -0.15) is 0 Å². The number of amides is 1. The van der Waals surface area contributed by atoms with Gasteiger partial charge in [0.1, 0.15) is 0 Å². The van der Waals surface area contributed by atoms with Gasteiger partial charge in [0.15, 0.2) is 5.78 Å². The predicted octanol–water partition coefficient (Wildman–Crippen LogP) is 5.67. The van der Waals surface area contributed by atoms with Crippen molar-refractivity contribution in [3.8, 4) is 0 Å². The molecule has 1 saturated heterocycles. The topological polar surface area (TPSA) is 76.7 Å². The van der Waals surface area contributed by atoms with E-state index in [0.717, 1.165) is 61.5 Å². The number of anilines is 3. The van der Waals surface area contributed by atoms with Gasteiger partial charge in [-0.3, -0.25) is 14.5 Å². The molecular formula is C32H36ClN5O2. The fourth-order valence-corrected chi connectivity index (χ4v) is 5.38. The van der Waals surface area contributed by atoms with Gasteiger partial charge in [-0.15, -0.1) is 0 Å². The molecule has 208 valence electrons. The van der Waals surface area contributed by atoms with Gasteiger partial charge in [-0.05, 0) is 55.4 Å². The van der Waals surface area contributed by atoms with Crippen LogP contribution >= 0.6 is 11.6 Å². The van der Waals surface area contributed by atoms with E-state index in [2.05, 4.69) is 39.7 Å². The lowest BCUT2D eigenvalue weighted by molar-refractivity contribution is -0.121. The van der Waals surface area contributed by atoms with Crippen LogP contribution < -0.4 is 16.0 Å². The standard InChI is InChI=1S/C32H36ClN5O2/c1-3-7-27(29(39)21-38-18-16-37(2)17-19-38)34-24-11-13-25(14-12-24)35-31(22-8-5-4-6-9-22)30-26-15-10-23(33)20-28(26)36-32(30)40/h4-6,8-15,20,27,34-35H,3,7,16-19,21H2,1-2H3,(H,36,40)/b31-30-. The lowest BCUT2D eigenvalue weighted by Gasteiger charge is -2.32. The van der Waals surface area contributed by atoms with Crippen molar-refractivity contribution in [1.29, 1.82) is 0 Å². The maximum atomic E-state index is 13.2. The molecule has 5 rings (SSSR count). The number of fused-ring (bicyclic) bond motifs is 1. The molecule has 3 aromatic carbocycles. The molecule has 7 nitrogen and oxygen atoms in total. The van der Waals surface area contributed by atoms with Crippen molar-refractivity contribution in [2.45, 2.75) is 25.8 Å². The summed E-state index contributed by atoms with van der Waals surface area (Å²) in [6, 6.07) is 22.9. The average molecular weight is 558 g/mol. The molecule has 8 heteroatoms. The monoisotopic (exact) mass is 557 g/mol. The average Bonchev–Trinajstić information content (AvgIpc) is 3.28. The van der Waals surface area contributed by atoms with Gasteiger partial charge in [0, 0.05) is 48.1 Å². The van der Waals surface area contributed by atoms with Gasteiger partial charge < -0.3 is 20.9 Å². The number of benzene rings is 3. The van der Waals surface area contributed by atoms with Crippen molar-refractivity contribution in [1.82, 2.24) is 9.80 Å². The summed E-state index contributed by atoms with van der Waals surface area (Å²) in [5, 5.41) is 10.5. The van der Waals surface area contributed by atoms with Crippen LogP contribution in [-0.2, 0) is 9.59 Å². The number of halogens is 1. The van der Waals surface area contributed by atoms with Crippen LogP contribution in [0, 0.1) is 0 Å². The molecule has 0 spiro atoms. The Balaban J connectivity index is 1.34. The van der Waals surface area contributed by atoms with Crippen molar-refractivity contribution < 1.29 is 9.59 Å². The first-order chi connectivity index (χ1) is 19.4. The third kappa shape index (κ3) is 6.55. The van der Waals surface area contributed by atoms with E-state index in [9.17, 15) is 9.59 Å². The van der Waals surface area contributed by atoms with Gasteiger partial charge in [-0.25, -0.2) is 0 Å². The van der Waals surface area contributed by atoms with E-state index in [1.807, 2.05) is 60.7 Å². The molecule has 1 amide bonds. The van der Waals surface area contributed by atoms with Crippen LogP contribution in [0.5, 0.6) is 0 Å². The molecule has 3 aromatic rings. The minimum atomic E-state index is -0.226. The zero-order valence-corrected chi connectivity index (χ0v) is 23.8. The number of nitrogens with one attached hydrogen (secondary N) is 3. The highest BCUT2D eigenvalue weighted by molar-refractivity contribution is 6.38. The predicted molar refractivity (Wildman–Crippen MR) is 165 cm³/mol. The number of hydrogen-bond donors (Lipinski definition) is 3. The second-order valence-electron chi connectivity index (χ2n) is 10.5. The number of nitrogens with zero attached hydrogens (tertiary/aromatic N) is 2. The quantitative estimate of drug-likeness (QED) is 0.279. The Morgan fingerprint density at radius 1 is 0.975 bits per heavy atom. The van der Waals surface area contributed by atoms with Crippen molar-refractivity contribution in [3.05, 3.63) is 88.9 Å². The number of likely N-dealkylation sites (N-methyl/N-ethyl adjacent to an activating group) is 1. The smallest absolute Gasteiger partial charge is 0.258 e. The minimum absolute atomic E-state index is 0.178. The van der Waals surface area contributed by atoms with Gasteiger partial charge in [0.25, 0.3) is 5.91 Å². The van der Waals surface area contributed by atoms with E-state index >= 15 is 0 Å². The molecule has 1 fully saturated rings. The second kappa shape index (κ2) is 12.7. The molecule has 0 saturated carbocycles. The molecule has 0 aliphatic carbocycles. The molecule has 2 aliphatic rings. The lowest BCUT2D eigenvalue weighted by atomic mass is 10.00. The third-order valence-corrected chi connectivity index (χ3v) is 7.71. The summed E-state index contributed by atoms with van der Waals surface area (Å²) in [6.07, 6.45) is 1.71. The summed E-state index contributed by atoms with van der Waals surface area (Å²) in [6.45, 7) is 6.43. The molecule has 2 aliphatic heterocycles. The maximum absolute atomic E-state index is 13.2. The van der Waals surface area contributed by atoms with Gasteiger partial charge in [-0.1, -0.05) is 61.3 Å². The molecule has 0 radical (unpaired) electrons. The molecule has 0 aromatic heterocycles. The molecule has 0 bridgehead atoms. The van der Waals surface area contributed by atoms with Gasteiger partial charge in [0.05, 0.1) is 29.5 Å². The molecule has 1 unspecified atom stereocenters. The second-order valence-corrected chi connectivity index (χ2v) is 10.9. The van der Waals surface area contributed by atoms with Crippen molar-refractivity contribution >= 4 is 51.6 Å². The number of hydrogen-bond acceptors (Lipinski definition) is 6. The zero-order chi connectivity index (χ0) is 28.1. The van der Waals surface area contributed by atoms with Crippen molar-refractivity contribution in [2.24, 2.45) is 0 Å².